The Morgan fingerprint density at radius 3 is 2.74 bits per heavy atom. The molecule has 2 aliphatic carbocycles. The second kappa shape index (κ2) is 7.46. The minimum atomic E-state index is -0.341. The molecule has 0 unspecified atom stereocenters. The minimum absolute atomic E-state index is 0.0421. The maximum Gasteiger partial charge on any atom is 0.275 e. The first-order valence-electron chi connectivity index (χ1n) is 12.6. The summed E-state index contributed by atoms with van der Waals surface area (Å²) in [6.07, 6.45) is 8.25. The quantitative estimate of drug-likeness (QED) is 0.603. The number of hydrogen-bond acceptors (Lipinski definition) is 7. The molecular formula is C26H27N5O3S. The van der Waals surface area contributed by atoms with Crippen LogP contribution in [0.3, 0.4) is 0 Å². The van der Waals surface area contributed by atoms with Crippen molar-refractivity contribution in [3.05, 3.63) is 44.4 Å². The van der Waals surface area contributed by atoms with Gasteiger partial charge in [0, 0.05) is 30.3 Å². The zero-order valence-electron chi connectivity index (χ0n) is 19.7. The molecule has 1 saturated carbocycles. The van der Waals surface area contributed by atoms with Crippen LogP contribution < -0.4 is 10.9 Å². The number of thiophene rings is 1. The van der Waals surface area contributed by atoms with Crippen molar-refractivity contribution in [3.8, 4) is 0 Å². The fraction of sp³-hybridized carbons (Fsp3) is 0.500. The fourth-order valence-electron chi connectivity index (χ4n) is 6.42. The molecule has 0 bridgehead atoms. The number of anilines is 2. The number of amides is 1. The Labute approximate surface area is 206 Å². The van der Waals surface area contributed by atoms with Gasteiger partial charge in [-0.1, -0.05) is 0 Å². The summed E-state index contributed by atoms with van der Waals surface area (Å²) >= 11 is 1.63. The number of aryl methyl sites for hydroxylation is 2. The Kier molecular flexibility index (Phi) is 4.53. The molecular weight excluding hydrogens is 462 g/mol. The van der Waals surface area contributed by atoms with Crippen LogP contribution in [0.25, 0.3) is 10.2 Å². The number of fused-ring (bicyclic) bond motifs is 5. The predicted octanol–water partition coefficient (Wildman–Crippen LogP) is 3.71. The molecule has 1 spiro atoms. The molecule has 3 aromatic rings. The molecule has 3 aromatic heterocycles. The second-order valence-electron chi connectivity index (χ2n) is 10.6. The van der Waals surface area contributed by atoms with E-state index < -0.39 is 0 Å². The van der Waals surface area contributed by atoms with Crippen LogP contribution in [0.2, 0.25) is 0 Å². The second-order valence-corrected chi connectivity index (χ2v) is 11.6. The number of pyridine rings is 1. The van der Waals surface area contributed by atoms with Gasteiger partial charge in [-0.2, -0.15) is 0 Å². The molecule has 1 saturated heterocycles. The Hall–Kier alpha value is -3.07. The molecule has 1 atom stereocenters. The van der Waals surface area contributed by atoms with Gasteiger partial charge in [-0.25, -0.2) is 9.97 Å². The zero-order valence-corrected chi connectivity index (χ0v) is 20.5. The summed E-state index contributed by atoms with van der Waals surface area (Å²) < 4.78 is 1.77. The number of likely N-dealkylation sites (tertiary alicyclic amines) is 1. The van der Waals surface area contributed by atoms with Gasteiger partial charge in [-0.15, -0.1) is 11.3 Å². The van der Waals surface area contributed by atoms with E-state index in [2.05, 4.69) is 15.3 Å². The van der Waals surface area contributed by atoms with Crippen molar-refractivity contribution in [2.45, 2.75) is 63.8 Å². The lowest BCUT2D eigenvalue weighted by Gasteiger charge is -2.39. The summed E-state index contributed by atoms with van der Waals surface area (Å²) in [4.78, 5) is 52.3. The largest absolute Gasteiger partial charge is 0.342 e. The van der Waals surface area contributed by atoms with Crippen LogP contribution >= 0.6 is 11.3 Å². The van der Waals surface area contributed by atoms with Crippen molar-refractivity contribution in [2.24, 2.45) is 5.92 Å². The lowest BCUT2D eigenvalue weighted by atomic mass is 9.75. The molecule has 180 valence electrons. The molecule has 0 radical (unpaired) electrons. The molecule has 35 heavy (non-hydrogen) atoms. The van der Waals surface area contributed by atoms with E-state index in [0.717, 1.165) is 73.8 Å². The Bertz CT molecular complexity index is 1480. The third-order valence-corrected chi connectivity index (χ3v) is 9.68. The van der Waals surface area contributed by atoms with Gasteiger partial charge in [0.2, 0.25) is 5.91 Å². The summed E-state index contributed by atoms with van der Waals surface area (Å²) in [6.45, 7) is 3.68. The molecule has 9 heteroatoms. The molecule has 7 rings (SSSR count). The highest BCUT2D eigenvalue weighted by atomic mass is 32.1. The standard InChI is InChI=1S/C26H27N5O3S/c1-14-10-17(25(34)31-21(14)18(32)12-26(31)6-2-7-26)29-22-20-16-5-4-15(24(33)30-8-3-9-30)11-19(16)35-23(20)28-13-27-22/h10,13,15H,2-9,11-12H2,1H3,(H,27,28,29)/t15-/m0/s1. The van der Waals surface area contributed by atoms with Gasteiger partial charge >= 0.3 is 0 Å². The minimum Gasteiger partial charge on any atom is -0.342 e. The van der Waals surface area contributed by atoms with Gasteiger partial charge in [0.25, 0.3) is 5.56 Å². The van der Waals surface area contributed by atoms with Crippen molar-refractivity contribution in [1.29, 1.82) is 0 Å². The van der Waals surface area contributed by atoms with Crippen molar-refractivity contribution >= 4 is 44.7 Å². The number of hydrogen-bond donors (Lipinski definition) is 1. The monoisotopic (exact) mass is 489 g/mol. The first-order valence-corrected chi connectivity index (χ1v) is 13.4. The number of nitrogens with zero attached hydrogens (tertiary/aromatic N) is 4. The number of aromatic nitrogens is 3. The average Bonchev–Trinajstić information content (AvgIpc) is 3.31. The topological polar surface area (TPSA) is 97.2 Å². The fourth-order valence-corrected chi connectivity index (χ4v) is 7.68. The smallest absolute Gasteiger partial charge is 0.275 e. The lowest BCUT2D eigenvalue weighted by Crippen LogP contribution is -2.46. The van der Waals surface area contributed by atoms with Gasteiger partial charge in [0.1, 0.15) is 22.7 Å². The van der Waals surface area contributed by atoms with Crippen LogP contribution in [-0.2, 0) is 23.2 Å². The van der Waals surface area contributed by atoms with Crippen LogP contribution in [-0.4, -0.2) is 44.2 Å². The number of Topliss-reactive ketones (excluding diaryl/α,β-unsaturated/α-hetero) is 1. The van der Waals surface area contributed by atoms with Crippen LogP contribution in [0.4, 0.5) is 11.5 Å². The number of carbonyl (C=O) groups excluding carboxylic acids is 2. The average molecular weight is 490 g/mol. The van der Waals surface area contributed by atoms with Crippen molar-refractivity contribution in [1.82, 2.24) is 19.4 Å². The predicted molar refractivity (Wildman–Crippen MR) is 134 cm³/mol. The van der Waals surface area contributed by atoms with Crippen molar-refractivity contribution in [2.75, 3.05) is 18.4 Å². The van der Waals surface area contributed by atoms with E-state index in [1.165, 1.54) is 16.8 Å². The number of rotatable bonds is 3. The van der Waals surface area contributed by atoms with Gasteiger partial charge in [0.05, 0.1) is 16.6 Å². The maximum absolute atomic E-state index is 13.6. The number of carbonyl (C=O) groups is 2. The van der Waals surface area contributed by atoms with Crippen LogP contribution in [0, 0.1) is 12.8 Å². The van der Waals surface area contributed by atoms with Gasteiger partial charge in [-0.05, 0) is 69.1 Å². The summed E-state index contributed by atoms with van der Waals surface area (Å²) in [7, 11) is 0. The maximum atomic E-state index is 13.6. The van der Waals surface area contributed by atoms with Crippen molar-refractivity contribution in [3.63, 3.8) is 0 Å². The molecule has 8 nitrogen and oxygen atoms in total. The summed E-state index contributed by atoms with van der Waals surface area (Å²) in [6, 6.07) is 1.79. The van der Waals surface area contributed by atoms with E-state index in [9.17, 15) is 14.4 Å². The first kappa shape index (κ1) is 21.2. The Morgan fingerprint density at radius 2 is 2.03 bits per heavy atom. The highest BCUT2D eigenvalue weighted by Crippen LogP contribution is 2.47. The third kappa shape index (κ3) is 3.00. The summed E-state index contributed by atoms with van der Waals surface area (Å²) in [5, 5.41) is 4.29. The first-order chi connectivity index (χ1) is 16.9. The van der Waals surface area contributed by atoms with Gasteiger partial charge in [-0.3, -0.25) is 19.0 Å². The molecule has 1 amide bonds. The van der Waals surface area contributed by atoms with Gasteiger partial charge < -0.3 is 10.2 Å². The molecule has 2 fully saturated rings. The van der Waals surface area contributed by atoms with Crippen LogP contribution in [0.15, 0.2) is 17.2 Å². The highest BCUT2D eigenvalue weighted by Gasteiger charge is 2.49. The lowest BCUT2D eigenvalue weighted by molar-refractivity contribution is -0.139. The molecule has 5 heterocycles. The third-order valence-electron chi connectivity index (χ3n) is 8.52. The van der Waals surface area contributed by atoms with Crippen LogP contribution in [0.1, 0.15) is 65.0 Å². The van der Waals surface area contributed by atoms with Crippen LogP contribution in [0.5, 0.6) is 0 Å². The normalized spacial score (nSPS) is 22.0. The molecule has 1 N–H and O–H groups in total. The van der Waals surface area contributed by atoms with E-state index in [-0.39, 0.29) is 28.7 Å². The SMILES string of the molecule is Cc1cc(Nc2ncnc3sc4c(c23)CC[C@H](C(=O)N2CCC2)C4)c(=O)n2c1C(=O)CC21CCC1. The highest BCUT2D eigenvalue weighted by molar-refractivity contribution is 7.19. The van der Waals surface area contributed by atoms with Gasteiger partial charge in [0.15, 0.2) is 5.78 Å². The van der Waals surface area contributed by atoms with E-state index in [1.54, 1.807) is 22.0 Å². The van der Waals surface area contributed by atoms with E-state index in [0.29, 0.717) is 23.6 Å². The number of nitrogens with one attached hydrogen (secondary N) is 1. The molecule has 0 aromatic carbocycles. The van der Waals surface area contributed by atoms with E-state index in [4.69, 9.17) is 0 Å². The Balaban J connectivity index is 1.27. The number of ketones is 1. The zero-order chi connectivity index (χ0) is 23.9. The molecule has 4 aliphatic rings. The van der Waals surface area contributed by atoms with E-state index >= 15 is 0 Å². The summed E-state index contributed by atoms with van der Waals surface area (Å²) in [5.41, 5.74) is 2.56. The van der Waals surface area contributed by atoms with E-state index in [1.807, 2.05) is 11.8 Å². The molecule has 2 aliphatic heterocycles. The van der Waals surface area contributed by atoms with Crippen molar-refractivity contribution < 1.29 is 9.59 Å². The summed E-state index contributed by atoms with van der Waals surface area (Å²) in [5.74, 6) is 1.03. The Morgan fingerprint density at radius 1 is 1.20 bits per heavy atom.